The van der Waals surface area contributed by atoms with Gasteiger partial charge in [-0.1, -0.05) is 44.0 Å². The number of amides is 1. The van der Waals surface area contributed by atoms with Gasteiger partial charge in [0, 0.05) is 17.4 Å². The number of carbonyl (C=O) groups is 2. The molecule has 26 heavy (non-hydrogen) atoms. The molecule has 1 aromatic carbocycles. The van der Waals surface area contributed by atoms with E-state index in [1.165, 1.54) is 29.7 Å². The predicted octanol–water partition coefficient (Wildman–Crippen LogP) is 4.43. The van der Waals surface area contributed by atoms with Crippen LogP contribution in [0.3, 0.4) is 0 Å². The monoisotopic (exact) mass is 372 g/mol. The average Bonchev–Trinajstić information content (AvgIpc) is 3.32. The molecule has 1 aliphatic rings. The van der Waals surface area contributed by atoms with Gasteiger partial charge in [0.1, 0.15) is 0 Å². The second kappa shape index (κ2) is 8.94. The van der Waals surface area contributed by atoms with Crippen molar-refractivity contribution in [1.82, 2.24) is 4.98 Å². The molecule has 0 radical (unpaired) electrons. The van der Waals surface area contributed by atoms with Crippen molar-refractivity contribution in [3.63, 3.8) is 0 Å². The zero-order valence-electron chi connectivity index (χ0n) is 15.0. The number of aryl methyl sites for hydroxylation is 1. The molecule has 1 fully saturated rings. The fourth-order valence-corrected chi connectivity index (χ4v) is 3.92. The first-order valence-electron chi connectivity index (χ1n) is 9.14. The van der Waals surface area contributed by atoms with Crippen molar-refractivity contribution in [2.75, 3.05) is 11.9 Å². The van der Waals surface area contributed by atoms with E-state index in [0.29, 0.717) is 17.5 Å². The lowest BCUT2D eigenvalue weighted by Crippen LogP contribution is -2.21. The van der Waals surface area contributed by atoms with Crippen LogP contribution in [0.1, 0.15) is 44.6 Å². The van der Waals surface area contributed by atoms with E-state index >= 15 is 0 Å². The second-order valence-electron chi connectivity index (χ2n) is 6.65. The van der Waals surface area contributed by atoms with Crippen LogP contribution in [0.15, 0.2) is 29.6 Å². The summed E-state index contributed by atoms with van der Waals surface area (Å²) in [5.74, 6) is -0.221. The van der Waals surface area contributed by atoms with Crippen LogP contribution in [-0.4, -0.2) is 23.5 Å². The molecule has 1 saturated carbocycles. The van der Waals surface area contributed by atoms with E-state index < -0.39 is 0 Å². The molecule has 0 saturated heterocycles. The van der Waals surface area contributed by atoms with Gasteiger partial charge in [0.15, 0.2) is 11.7 Å². The fourth-order valence-electron chi connectivity index (χ4n) is 3.19. The van der Waals surface area contributed by atoms with Crippen LogP contribution in [0.4, 0.5) is 5.13 Å². The topological polar surface area (TPSA) is 68.3 Å². The van der Waals surface area contributed by atoms with Gasteiger partial charge < -0.3 is 4.74 Å². The third-order valence-corrected chi connectivity index (χ3v) is 5.46. The van der Waals surface area contributed by atoms with Gasteiger partial charge in [-0.25, -0.2) is 4.98 Å². The molecule has 2 aromatic rings. The standard InChI is InChI=1S/C20H24N2O3S/c1-2-14-7-9-16(10-8-14)17-13-26-20(21-17)22-18(23)12-25-19(24)11-15-5-3-4-6-15/h7-10,13,15H,2-6,11-12H2,1H3,(H,21,22,23). The van der Waals surface area contributed by atoms with Gasteiger partial charge in [-0.05, 0) is 30.7 Å². The first kappa shape index (κ1) is 18.6. The van der Waals surface area contributed by atoms with Crippen molar-refractivity contribution in [3.8, 4) is 11.3 Å². The number of thiazole rings is 1. The van der Waals surface area contributed by atoms with Crippen LogP contribution in [0.2, 0.25) is 0 Å². The molecule has 3 rings (SSSR count). The number of nitrogens with zero attached hydrogens (tertiary/aromatic N) is 1. The van der Waals surface area contributed by atoms with Crippen molar-refractivity contribution in [2.45, 2.75) is 45.4 Å². The van der Waals surface area contributed by atoms with E-state index in [4.69, 9.17) is 4.74 Å². The first-order valence-corrected chi connectivity index (χ1v) is 10.0. The Morgan fingerprint density at radius 1 is 1.23 bits per heavy atom. The number of ether oxygens (including phenoxy) is 1. The normalized spacial score (nSPS) is 14.3. The molecule has 5 nitrogen and oxygen atoms in total. The number of rotatable bonds is 7. The fraction of sp³-hybridized carbons (Fsp3) is 0.450. The molecule has 1 aliphatic carbocycles. The van der Waals surface area contributed by atoms with E-state index in [9.17, 15) is 9.59 Å². The maximum Gasteiger partial charge on any atom is 0.306 e. The predicted molar refractivity (Wildman–Crippen MR) is 103 cm³/mol. The first-order chi connectivity index (χ1) is 12.6. The smallest absolute Gasteiger partial charge is 0.306 e. The van der Waals surface area contributed by atoms with Gasteiger partial charge in [-0.3, -0.25) is 14.9 Å². The number of hydrogen-bond donors (Lipinski definition) is 1. The molecule has 0 spiro atoms. The highest BCUT2D eigenvalue weighted by atomic mass is 32.1. The molecular weight excluding hydrogens is 348 g/mol. The summed E-state index contributed by atoms with van der Waals surface area (Å²) in [6.45, 7) is 1.86. The number of esters is 1. The summed E-state index contributed by atoms with van der Waals surface area (Å²) in [4.78, 5) is 28.2. The Bertz CT molecular complexity index is 749. The molecule has 0 atom stereocenters. The Balaban J connectivity index is 1.46. The van der Waals surface area contributed by atoms with Crippen molar-refractivity contribution in [2.24, 2.45) is 5.92 Å². The SMILES string of the molecule is CCc1ccc(-c2csc(NC(=O)COC(=O)CC3CCCC3)n2)cc1. The zero-order valence-corrected chi connectivity index (χ0v) is 15.8. The molecule has 138 valence electrons. The maximum atomic E-state index is 12.0. The lowest BCUT2D eigenvalue weighted by Gasteiger charge is -2.08. The van der Waals surface area contributed by atoms with Crippen molar-refractivity contribution < 1.29 is 14.3 Å². The molecule has 1 amide bonds. The van der Waals surface area contributed by atoms with Gasteiger partial charge in [0.05, 0.1) is 5.69 Å². The van der Waals surface area contributed by atoms with E-state index in [1.807, 2.05) is 17.5 Å². The largest absolute Gasteiger partial charge is 0.456 e. The Labute approximate surface area is 157 Å². The second-order valence-corrected chi connectivity index (χ2v) is 7.51. The number of anilines is 1. The van der Waals surface area contributed by atoms with E-state index in [-0.39, 0.29) is 18.5 Å². The van der Waals surface area contributed by atoms with E-state index in [1.54, 1.807) is 0 Å². The zero-order chi connectivity index (χ0) is 18.4. The highest BCUT2D eigenvalue weighted by Gasteiger charge is 2.20. The summed E-state index contributed by atoms with van der Waals surface area (Å²) in [6.07, 6.45) is 5.96. The highest BCUT2D eigenvalue weighted by molar-refractivity contribution is 7.14. The van der Waals surface area contributed by atoms with Gasteiger partial charge in [-0.2, -0.15) is 0 Å². The van der Waals surface area contributed by atoms with Crippen LogP contribution in [-0.2, 0) is 20.7 Å². The lowest BCUT2D eigenvalue weighted by molar-refractivity contribution is -0.148. The lowest BCUT2D eigenvalue weighted by atomic mass is 10.1. The van der Waals surface area contributed by atoms with Crippen LogP contribution >= 0.6 is 11.3 Å². The highest BCUT2D eigenvalue weighted by Crippen LogP contribution is 2.28. The minimum Gasteiger partial charge on any atom is -0.456 e. The van der Waals surface area contributed by atoms with Crippen molar-refractivity contribution >= 4 is 28.3 Å². The summed E-state index contributed by atoms with van der Waals surface area (Å²) < 4.78 is 5.08. The van der Waals surface area contributed by atoms with E-state index in [0.717, 1.165) is 30.5 Å². The summed E-state index contributed by atoms with van der Waals surface area (Å²) in [5, 5.41) is 5.11. The van der Waals surface area contributed by atoms with E-state index in [2.05, 4.69) is 29.4 Å². The summed E-state index contributed by atoms with van der Waals surface area (Å²) in [6, 6.07) is 8.22. The van der Waals surface area contributed by atoms with Crippen LogP contribution in [0, 0.1) is 5.92 Å². The van der Waals surface area contributed by atoms with Gasteiger partial charge in [-0.15, -0.1) is 11.3 Å². The number of benzene rings is 1. The van der Waals surface area contributed by atoms with Gasteiger partial charge >= 0.3 is 5.97 Å². The Hall–Kier alpha value is -2.21. The minimum atomic E-state index is -0.355. The molecule has 0 bridgehead atoms. The van der Waals surface area contributed by atoms with Crippen LogP contribution in [0.5, 0.6) is 0 Å². The summed E-state index contributed by atoms with van der Waals surface area (Å²) >= 11 is 1.36. The summed E-state index contributed by atoms with van der Waals surface area (Å²) in [7, 11) is 0. The number of hydrogen-bond acceptors (Lipinski definition) is 5. The summed E-state index contributed by atoms with van der Waals surface area (Å²) in [5.41, 5.74) is 3.12. The van der Waals surface area contributed by atoms with Crippen LogP contribution < -0.4 is 5.32 Å². The molecule has 1 heterocycles. The van der Waals surface area contributed by atoms with Gasteiger partial charge in [0.25, 0.3) is 5.91 Å². The molecule has 0 unspecified atom stereocenters. The quantitative estimate of drug-likeness (QED) is 0.730. The Kier molecular flexibility index (Phi) is 6.39. The molecule has 1 N–H and O–H groups in total. The van der Waals surface area contributed by atoms with Crippen molar-refractivity contribution in [1.29, 1.82) is 0 Å². The molecule has 6 heteroatoms. The Morgan fingerprint density at radius 3 is 2.65 bits per heavy atom. The molecule has 1 aromatic heterocycles. The number of nitrogens with one attached hydrogen (secondary N) is 1. The number of carbonyl (C=O) groups excluding carboxylic acids is 2. The van der Waals surface area contributed by atoms with Crippen molar-refractivity contribution in [3.05, 3.63) is 35.2 Å². The minimum absolute atomic E-state index is 0.258. The molecular formula is C20H24N2O3S. The number of aromatic nitrogens is 1. The maximum absolute atomic E-state index is 12.0. The third kappa shape index (κ3) is 5.14. The Morgan fingerprint density at radius 2 is 1.96 bits per heavy atom. The third-order valence-electron chi connectivity index (χ3n) is 4.70. The van der Waals surface area contributed by atoms with Gasteiger partial charge in [0.2, 0.25) is 0 Å². The average molecular weight is 372 g/mol. The van der Waals surface area contributed by atoms with Crippen LogP contribution in [0.25, 0.3) is 11.3 Å². The molecule has 0 aliphatic heterocycles.